The Kier molecular flexibility index (Phi) is 7.42. The summed E-state index contributed by atoms with van der Waals surface area (Å²) in [6.07, 6.45) is 0. The number of ether oxygens (including phenoxy) is 1. The Labute approximate surface area is 112 Å². The standard InChI is InChI=1S/C9H8Br2O3.C2H6/c1-2-14-8-6(9(12)13)3-5(10)4-7(8)11;1-2/h3-4H,2H2,1H3,(H,12,13);1-2H3. The molecular weight excluding hydrogens is 340 g/mol. The van der Waals surface area contributed by atoms with Crippen LogP contribution in [0.2, 0.25) is 0 Å². The minimum Gasteiger partial charge on any atom is -0.492 e. The van der Waals surface area contributed by atoms with Crippen molar-refractivity contribution in [2.45, 2.75) is 20.8 Å². The lowest BCUT2D eigenvalue weighted by molar-refractivity contribution is 0.0692. The molecule has 16 heavy (non-hydrogen) atoms. The fourth-order valence-electron chi connectivity index (χ4n) is 1.01. The van der Waals surface area contributed by atoms with Crippen molar-refractivity contribution in [3.8, 4) is 5.75 Å². The highest BCUT2D eigenvalue weighted by Gasteiger charge is 2.15. The summed E-state index contributed by atoms with van der Waals surface area (Å²) in [6.45, 7) is 6.24. The summed E-state index contributed by atoms with van der Waals surface area (Å²) >= 11 is 6.47. The van der Waals surface area contributed by atoms with Gasteiger partial charge >= 0.3 is 5.97 Å². The summed E-state index contributed by atoms with van der Waals surface area (Å²) in [5.74, 6) is -0.640. The zero-order valence-corrected chi connectivity index (χ0v) is 12.6. The molecule has 0 heterocycles. The van der Waals surface area contributed by atoms with Crippen molar-refractivity contribution in [1.82, 2.24) is 0 Å². The molecule has 90 valence electrons. The monoisotopic (exact) mass is 352 g/mol. The lowest BCUT2D eigenvalue weighted by atomic mass is 10.2. The molecule has 0 fully saturated rings. The lowest BCUT2D eigenvalue weighted by Crippen LogP contribution is -2.03. The van der Waals surface area contributed by atoms with Crippen molar-refractivity contribution in [3.05, 3.63) is 26.6 Å². The van der Waals surface area contributed by atoms with Crippen molar-refractivity contribution < 1.29 is 14.6 Å². The van der Waals surface area contributed by atoms with Crippen LogP contribution in [0.25, 0.3) is 0 Å². The Bertz CT molecular complexity index is 364. The van der Waals surface area contributed by atoms with Gasteiger partial charge in [-0.3, -0.25) is 0 Å². The van der Waals surface area contributed by atoms with Crippen LogP contribution in [-0.4, -0.2) is 17.7 Å². The normalized spacial score (nSPS) is 9.06. The number of carboxylic acids is 1. The second-order valence-corrected chi connectivity index (χ2v) is 4.27. The van der Waals surface area contributed by atoms with Crippen LogP contribution in [0.4, 0.5) is 0 Å². The van der Waals surface area contributed by atoms with E-state index in [9.17, 15) is 4.79 Å². The number of hydrogen-bond donors (Lipinski definition) is 1. The second kappa shape index (κ2) is 7.68. The van der Waals surface area contributed by atoms with Crippen molar-refractivity contribution in [3.63, 3.8) is 0 Å². The molecule has 0 aromatic heterocycles. The van der Waals surface area contributed by atoms with Crippen molar-refractivity contribution in [1.29, 1.82) is 0 Å². The van der Waals surface area contributed by atoms with E-state index in [1.165, 1.54) is 6.07 Å². The highest BCUT2D eigenvalue weighted by atomic mass is 79.9. The summed E-state index contributed by atoms with van der Waals surface area (Å²) in [7, 11) is 0. The van der Waals surface area contributed by atoms with E-state index < -0.39 is 5.97 Å². The minimum absolute atomic E-state index is 0.146. The van der Waals surface area contributed by atoms with Crippen LogP contribution in [0, 0.1) is 0 Å². The van der Waals surface area contributed by atoms with E-state index in [4.69, 9.17) is 9.84 Å². The summed E-state index contributed by atoms with van der Waals surface area (Å²) in [4.78, 5) is 10.9. The number of halogens is 2. The smallest absolute Gasteiger partial charge is 0.339 e. The molecule has 1 aromatic rings. The van der Waals surface area contributed by atoms with E-state index in [1.807, 2.05) is 13.8 Å². The summed E-state index contributed by atoms with van der Waals surface area (Å²) in [5.41, 5.74) is 0.146. The topological polar surface area (TPSA) is 46.5 Å². The number of aromatic carboxylic acids is 1. The molecule has 0 saturated carbocycles. The molecule has 0 aliphatic heterocycles. The molecule has 0 spiro atoms. The quantitative estimate of drug-likeness (QED) is 0.879. The highest BCUT2D eigenvalue weighted by Crippen LogP contribution is 2.32. The van der Waals surface area contributed by atoms with Crippen LogP contribution < -0.4 is 4.74 Å². The number of hydrogen-bond acceptors (Lipinski definition) is 2. The molecular formula is C11H14Br2O3. The molecule has 0 aliphatic rings. The molecule has 1 N–H and O–H groups in total. The van der Waals surface area contributed by atoms with Crippen LogP contribution in [0.15, 0.2) is 21.1 Å². The van der Waals surface area contributed by atoms with Gasteiger partial charge in [-0.2, -0.15) is 0 Å². The molecule has 3 nitrogen and oxygen atoms in total. The average molecular weight is 354 g/mol. The summed E-state index contributed by atoms with van der Waals surface area (Å²) in [6, 6.07) is 3.26. The summed E-state index contributed by atoms with van der Waals surface area (Å²) in [5, 5.41) is 8.92. The SMILES string of the molecule is CC.CCOc1c(Br)cc(Br)cc1C(=O)O. The van der Waals surface area contributed by atoms with Gasteiger partial charge in [0.15, 0.2) is 0 Å². The first-order chi connectivity index (χ1) is 7.56. The molecule has 0 unspecified atom stereocenters. The van der Waals surface area contributed by atoms with Crippen molar-refractivity contribution >= 4 is 37.8 Å². The molecule has 0 amide bonds. The first kappa shape index (κ1) is 15.4. The van der Waals surface area contributed by atoms with Gasteiger partial charge in [-0.25, -0.2) is 4.79 Å². The molecule has 1 rings (SSSR count). The van der Waals surface area contributed by atoms with Crippen LogP contribution in [0.1, 0.15) is 31.1 Å². The van der Waals surface area contributed by atoms with Gasteiger partial charge in [0.05, 0.1) is 11.1 Å². The van der Waals surface area contributed by atoms with E-state index >= 15 is 0 Å². The van der Waals surface area contributed by atoms with Gasteiger partial charge in [0, 0.05) is 4.47 Å². The number of benzene rings is 1. The van der Waals surface area contributed by atoms with Crippen LogP contribution in [-0.2, 0) is 0 Å². The van der Waals surface area contributed by atoms with Gasteiger partial charge in [-0.15, -0.1) is 0 Å². The van der Waals surface area contributed by atoms with Gasteiger partial charge in [0.2, 0.25) is 0 Å². The fraction of sp³-hybridized carbons (Fsp3) is 0.364. The third-order valence-electron chi connectivity index (χ3n) is 1.53. The van der Waals surface area contributed by atoms with Crippen molar-refractivity contribution in [2.24, 2.45) is 0 Å². The van der Waals surface area contributed by atoms with E-state index in [2.05, 4.69) is 31.9 Å². The first-order valence-electron chi connectivity index (χ1n) is 4.91. The Hall–Kier alpha value is -0.550. The van der Waals surface area contributed by atoms with Gasteiger partial charge in [0.1, 0.15) is 11.3 Å². The third kappa shape index (κ3) is 4.14. The van der Waals surface area contributed by atoms with E-state index in [-0.39, 0.29) is 5.56 Å². The Morgan fingerprint density at radius 3 is 2.38 bits per heavy atom. The van der Waals surface area contributed by atoms with Crippen molar-refractivity contribution in [2.75, 3.05) is 6.61 Å². The van der Waals surface area contributed by atoms with Gasteiger partial charge in [0.25, 0.3) is 0 Å². The Balaban J connectivity index is 0.00000106. The predicted molar refractivity (Wildman–Crippen MR) is 71.3 cm³/mol. The number of carbonyl (C=O) groups is 1. The van der Waals surface area contributed by atoms with Gasteiger partial charge in [-0.1, -0.05) is 29.8 Å². The van der Waals surface area contributed by atoms with Gasteiger partial charge in [-0.05, 0) is 35.0 Å². The molecule has 0 saturated heterocycles. The van der Waals surface area contributed by atoms with E-state index in [1.54, 1.807) is 13.0 Å². The molecule has 0 radical (unpaired) electrons. The largest absolute Gasteiger partial charge is 0.492 e. The minimum atomic E-state index is -1.00. The molecule has 0 bridgehead atoms. The second-order valence-electron chi connectivity index (χ2n) is 2.50. The first-order valence-corrected chi connectivity index (χ1v) is 6.50. The lowest BCUT2D eigenvalue weighted by Gasteiger charge is -2.09. The third-order valence-corrected chi connectivity index (χ3v) is 2.57. The Morgan fingerprint density at radius 1 is 1.38 bits per heavy atom. The molecule has 5 heteroatoms. The van der Waals surface area contributed by atoms with E-state index in [0.29, 0.717) is 21.3 Å². The maximum Gasteiger partial charge on any atom is 0.339 e. The fourth-order valence-corrected chi connectivity index (χ4v) is 2.35. The van der Waals surface area contributed by atoms with Crippen LogP contribution in [0.3, 0.4) is 0 Å². The highest BCUT2D eigenvalue weighted by molar-refractivity contribution is 9.11. The average Bonchev–Trinajstić information content (AvgIpc) is 2.24. The Morgan fingerprint density at radius 2 is 1.94 bits per heavy atom. The molecule has 0 atom stereocenters. The molecule has 1 aromatic carbocycles. The maximum atomic E-state index is 10.9. The predicted octanol–water partition coefficient (Wildman–Crippen LogP) is 4.33. The zero-order chi connectivity index (χ0) is 12.7. The van der Waals surface area contributed by atoms with Gasteiger partial charge < -0.3 is 9.84 Å². The van der Waals surface area contributed by atoms with E-state index in [0.717, 1.165) is 0 Å². The molecule has 0 aliphatic carbocycles. The maximum absolute atomic E-state index is 10.9. The summed E-state index contributed by atoms with van der Waals surface area (Å²) < 4.78 is 6.57. The van der Waals surface area contributed by atoms with Crippen LogP contribution in [0.5, 0.6) is 5.75 Å². The van der Waals surface area contributed by atoms with Crippen LogP contribution >= 0.6 is 31.9 Å². The number of rotatable bonds is 3. The number of carboxylic acid groups (broad SMARTS) is 1. The zero-order valence-electron chi connectivity index (χ0n) is 9.38.